The number of hydrogen-bond donors (Lipinski definition) is 2. The van der Waals surface area contributed by atoms with Gasteiger partial charge in [0.1, 0.15) is 0 Å². The molecule has 41 heavy (non-hydrogen) atoms. The summed E-state index contributed by atoms with van der Waals surface area (Å²) in [4.78, 5) is 24.8. The number of rotatable bonds is 8. The lowest BCUT2D eigenvalue weighted by atomic mass is 9.91. The van der Waals surface area contributed by atoms with Crippen molar-refractivity contribution in [1.82, 2.24) is 19.7 Å². The second kappa shape index (κ2) is 15.1. The van der Waals surface area contributed by atoms with E-state index in [9.17, 15) is 26.3 Å². The lowest BCUT2D eigenvalue weighted by Gasteiger charge is -2.19. The van der Waals surface area contributed by atoms with Gasteiger partial charge in [-0.15, -0.1) is 0 Å². The first-order valence-electron chi connectivity index (χ1n) is 12.6. The number of aryl methyl sites for hydroxylation is 2. The summed E-state index contributed by atoms with van der Waals surface area (Å²) in [6.45, 7) is 10.4. The largest absolute Gasteiger partial charge is 0.490 e. The van der Waals surface area contributed by atoms with Gasteiger partial charge in [-0.2, -0.15) is 31.4 Å². The van der Waals surface area contributed by atoms with Gasteiger partial charge >= 0.3 is 24.3 Å². The van der Waals surface area contributed by atoms with Gasteiger partial charge in [-0.3, -0.25) is 14.6 Å². The van der Waals surface area contributed by atoms with Crippen LogP contribution in [0.5, 0.6) is 0 Å². The zero-order valence-corrected chi connectivity index (χ0v) is 22.4. The molecule has 0 spiro atoms. The third-order valence-corrected chi connectivity index (χ3v) is 6.25. The van der Waals surface area contributed by atoms with Crippen LogP contribution in [0.1, 0.15) is 30.3 Å². The number of hydrogen-bond acceptors (Lipinski definition) is 7. The fourth-order valence-corrected chi connectivity index (χ4v) is 4.32. The third kappa shape index (κ3) is 11.6. The number of aromatic nitrogens is 3. The number of fused-ring (bicyclic) bond motifs is 1. The normalized spacial score (nSPS) is 20.4. The zero-order chi connectivity index (χ0) is 30.8. The van der Waals surface area contributed by atoms with Crippen LogP contribution in [0.15, 0.2) is 30.6 Å². The molecule has 4 rings (SSSR count). The molecular formula is C25H32F6N4O6. The summed E-state index contributed by atoms with van der Waals surface area (Å²) in [6.07, 6.45) is -4.58. The lowest BCUT2D eigenvalue weighted by Crippen LogP contribution is -2.24. The number of pyridine rings is 1. The molecule has 2 aromatic heterocycles. The van der Waals surface area contributed by atoms with Crippen LogP contribution in [0.4, 0.5) is 26.3 Å². The highest BCUT2D eigenvalue weighted by atomic mass is 19.4. The number of nitrogens with zero attached hydrogens (tertiary/aromatic N) is 4. The van der Waals surface area contributed by atoms with E-state index in [1.165, 1.54) is 5.56 Å². The van der Waals surface area contributed by atoms with Gasteiger partial charge in [0.2, 0.25) is 0 Å². The summed E-state index contributed by atoms with van der Waals surface area (Å²) in [5.74, 6) is -4.28. The molecule has 2 saturated heterocycles. The molecule has 2 aliphatic heterocycles. The maximum Gasteiger partial charge on any atom is 0.490 e. The fourth-order valence-electron chi connectivity index (χ4n) is 4.32. The number of likely N-dealkylation sites (tertiary alicyclic amines) is 1. The quantitative estimate of drug-likeness (QED) is 0.343. The topological polar surface area (TPSA) is 127 Å². The molecule has 10 nitrogen and oxygen atoms in total. The SMILES string of the molecule is CCn1cc(CN2C[C@H]3[C@@H](CCOCc4cccc(C)n4)CO[C@H]3C2)cn1.O=C(O)C(F)(F)F.O=C(O)C(F)(F)F. The predicted octanol–water partition coefficient (Wildman–Crippen LogP) is 3.93. The van der Waals surface area contributed by atoms with E-state index >= 15 is 0 Å². The Morgan fingerprint density at radius 2 is 1.73 bits per heavy atom. The van der Waals surface area contributed by atoms with E-state index in [1.807, 2.05) is 36.0 Å². The Bertz CT molecular complexity index is 1100. The predicted molar refractivity (Wildman–Crippen MR) is 131 cm³/mol. The second-order valence-corrected chi connectivity index (χ2v) is 9.41. The number of ether oxygens (including phenoxy) is 2. The van der Waals surface area contributed by atoms with Crippen molar-refractivity contribution in [3.05, 3.63) is 47.5 Å². The van der Waals surface area contributed by atoms with E-state index in [1.54, 1.807) is 0 Å². The van der Waals surface area contributed by atoms with Crippen LogP contribution in [0.3, 0.4) is 0 Å². The molecule has 2 fully saturated rings. The van der Waals surface area contributed by atoms with Crippen LogP contribution in [0.25, 0.3) is 0 Å². The van der Waals surface area contributed by atoms with Crippen molar-refractivity contribution in [3.63, 3.8) is 0 Å². The fraction of sp³-hybridized carbons (Fsp3) is 0.600. The molecule has 2 N–H and O–H groups in total. The van der Waals surface area contributed by atoms with Gasteiger partial charge in [0, 0.05) is 56.2 Å². The van der Waals surface area contributed by atoms with Crippen molar-refractivity contribution in [2.45, 2.75) is 58.4 Å². The average Bonchev–Trinajstić information content (AvgIpc) is 3.58. The summed E-state index contributed by atoms with van der Waals surface area (Å²) in [5, 5.41) is 18.6. The highest BCUT2D eigenvalue weighted by molar-refractivity contribution is 5.73. The van der Waals surface area contributed by atoms with Gasteiger partial charge in [0.15, 0.2) is 0 Å². The van der Waals surface area contributed by atoms with Crippen LogP contribution in [-0.2, 0) is 38.8 Å². The van der Waals surface area contributed by atoms with Crippen LogP contribution in [-0.4, -0.2) is 86.6 Å². The Hall–Kier alpha value is -3.24. The number of alkyl halides is 6. The molecule has 2 aliphatic rings. The highest BCUT2D eigenvalue weighted by Crippen LogP contribution is 2.36. The third-order valence-electron chi connectivity index (χ3n) is 6.25. The number of carboxylic acid groups (broad SMARTS) is 2. The van der Waals surface area contributed by atoms with Crippen molar-refractivity contribution in [1.29, 1.82) is 0 Å². The molecule has 0 unspecified atom stereocenters. The Morgan fingerprint density at radius 3 is 2.27 bits per heavy atom. The van der Waals surface area contributed by atoms with Gasteiger partial charge in [-0.05, 0) is 38.3 Å². The first-order chi connectivity index (χ1) is 19.1. The Balaban J connectivity index is 0.000000349. The molecule has 2 aromatic rings. The van der Waals surface area contributed by atoms with E-state index in [2.05, 4.69) is 28.1 Å². The van der Waals surface area contributed by atoms with E-state index in [4.69, 9.17) is 29.3 Å². The molecule has 16 heteroatoms. The monoisotopic (exact) mass is 598 g/mol. The van der Waals surface area contributed by atoms with E-state index in [0.717, 1.165) is 57.2 Å². The molecule has 0 amide bonds. The second-order valence-electron chi connectivity index (χ2n) is 9.41. The molecule has 230 valence electrons. The standard InChI is InChI=1S/C21H30N4O2.2C2HF3O2/c1-3-25-11-17(9-22-25)10-24-12-20-18(14-27-21(20)13-24)7-8-26-15-19-6-4-5-16(2)23-19;2*3-2(4,5)1(6)7/h4-6,9,11,18,20-21H,3,7-8,10,12-15H2,1-2H3;2*(H,6,7)/t18-,20-,21-;;/m0../s1. The van der Waals surface area contributed by atoms with Gasteiger partial charge in [0.25, 0.3) is 0 Å². The van der Waals surface area contributed by atoms with E-state index < -0.39 is 24.3 Å². The molecule has 0 aromatic carbocycles. The Labute approximate surface area is 231 Å². The summed E-state index contributed by atoms with van der Waals surface area (Å²) >= 11 is 0. The first kappa shape index (κ1) is 34.0. The Kier molecular flexibility index (Phi) is 12.5. The van der Waals surface area contributed by atoms with Crippen LogP contribution in [0.2, 0.25) is 0 Å². The van der Waals surface area contributed by atoms with Gasteiger partial charge in [-0.1, -0.05) is 6.07 Å². The summed E-state index contributed by atoms with van der Waals surface area (Å²) < 4.78 is 77.4. The van der Waals surface area contributed by atoms with Crippen molar-refractivity contribution < 1.29 is 55.6 Å². The summed E-state index contributed by atoms with van der Waals surface area (Å²) in [7, 11) is 0. The lowest BCUT2D eigenvalue weighted by molar-refractivity contribution is -0.193. The summed E-state index contributed by atoms with van der Waals surface area (Å²) in [5.41, 5.74) is 3.34. The molecule has 0 aliphatic carbocycles. The van der Waals surface area contributed by atoms with Crippen molar-refractivity contribution in [2.24, 2.45) is 11.8 Å². The number of halogens is 6. The van der Waals surface area contributed by atoms with E-state index in [0.29, 0.717) is 24.5 Å². The first-order valence-corrected chi connectivity index (χ1v) is 12.6. The number of carboxylic acids is 2. The van der Waals surface area contributed by atoms with Crippen molar-refractivity contribution >= 4 is 11.9 Å². The average molecular weight is 599 g/mol. The van der Waals surface area contributed by atoms with Crippen molar-refractivity contribution in [2.75, 3.05) is 26.3 Å². The number of aliphatic carboxylic acids is 2. The van der Waals surface area contributed by atoms with Crippen molar-refractivity contribution in [3.8, 4) is 0 Å². The molecule has 0 radical (unpaired) electrons. The van der Waals surface area contributed by atoms with Gasteiger partial charge in [-0.25, -0.2) is 9.59 Å². The minimum atomic E-state index is -5.08. The van der Waals surface area contributed by atoms with Crippen LogP contribution >= 0.6 is 0 Å². The molecule has 0 bridgehead atoms. The number of carbonyl (C=O) groups is 2. The smallest absolute Gasteiger partial charge is 0.475 e. The minimum Gasteiger partial charge on any atom is -0.475 e. The van der Waals surface area contributed by atoms with Crippen LogP contribution < -0.4 is 0 Å². The molecule has 4 heterocycles. The maximum absolute atomic E-state index is 10.6. The molecule has 3 atom stereocenters. The maximum atomic E-state index is 10.6. The zero-order valence-electron chi connectivity index (χ0n) is 22.4. The van der Waals surface area contributed by atoms with Crippen LogP contribution in [0, 0.1) is 18.8 Å². The minimum absolute atomic E-state index is 0.384. The Morgan fingerprint density at radius 1 is 1.10 bits per heavy atom. The highest BCUT2D eigenvalue weighted by Gasteiger charge is 2.43. The summed E-state index contributed by atoms with van der Waals surface area (Å²) in [6, 6.07) is 6.07. The van der Waals surface area contributed by atoms with E-state index in [-0.39, 0.29) is 0 Å². The molecule has 0 saturated carbocycles. The van der Waals surface area contributed by atoms with Gasteiger partial charge in [0.05, 0.1) is 31.2 Å². The molecular weight excluding hydrogens is 566 g/mol. The van der Waals surface area contributed by atoms with Gasteiger partial charge < -0.3 is 19.7 Å².